The SMILES string of the molecule is CN(C)CCOC1C=CC(c2oc3ncnc(NC[C@@H]4CCCO4)c3c2-c2ccccc2)=CC1. The molecule has 0 spiro atoms. The summed E-state index contributed by atoms with van der Waals surface area (Å²) in [5.41, 5.74) is 3.70. The van der Waals surface area contributed by atoms with Gasteiger partial charge in [0.25, 0.3) is 0 Å². The molecule has 1 aliphatic heterocycles. The standard InChI is InChI=1S/C27H32N4O3/c1-31(2)14-16-33-21-12-10-20(11-13-21)25-23(19-7-4-3-5-8-19)24-26(29-18-30-27(24)34-25)28-17-22-9-6-15-32-22/h3-5,7-8,10-12,18,21-22H,6,9,13-17H2,1-2H3,(H,28,29,30)/t21?,22-/m0/s1. The number of hydrogen-bond acceptors (Lipinski definition) is 7. The van der Waals surface area contributed by atoms with Crippen molar-refractivity contribution in [2.75, 3.05) is 45.7 Å². The van der Waals surface area contributed by atoms with Gasteiger partial charge in [0, 0.05) is 30.8 Å². The summed E-state index contributed by atoms with van der Waals surface area (Å²) in [4.78, 5) is 11.2. The first-order valence-corrected chi connectivity index (χ1v) is 12.0. The number of allylic oxidation sites excluding steroid dienone is 2. The Bertz CT molecular complexity index is 1160. The van der Waals surface area contributed by atoms with Gasteiger partial charge < -0.3 is 24.1 Å². The fourth-order valence-electron chi connectivity index (χ4n) is 4.45. The van der Waals surface area contributed by atoms with Gasteiger partial charge in [0.1, 0.15) is 17.9 Å². The molecule has 0 amide bonds. The molecule has 1 aliphatic carbocycles. The molecule has 34 heavy (non-hydrogen) atoms. The minimum atomic E-state index is 0.0803. The average Bonchev–Trinajstić information content (AvgIpc) is 3.52. The Kier molecular flexibility index (Phi) is 7.04. The van der Waals surface area contributed by atoms with E-state index in [1.165, 1.54) is 0 Å². The zero-order valence-electron chi connectivity index (χ0n) is 19.9. The van der Waals surface area contributed by atoms with Crippen molar-refractivity contribution >= 4 is 22.5 Å². The van der Waals surface area contributed by atoms with Crippen molar-refractivity contribution < 1.29 is 13.9 Å². The number of likely N-dealkylation sites (N-methyl/N-ethyl adjacent to an activating group) is 1. The topological polar surface area (TPSA) is 72.7 Å². The van der Waals surface area contributed by atoms with E-state index >= 15 is 0 Å². The highest BCUT2D eigenvalue weighted by Crippen LogP contribution is 2.41. The summed E-state index contributed by atoms with van der Waals surface area (Å²) < 4.78 is 18.2. The van der Waals surface area contributed by atoms with Gasteiger partial charge >= 0.3 is 0 Å². The van der Waals surface area contributed by atoms with E-state index in [-0.39, 0.29) is 12.2 Å². The number of benzene rings is 1. The third-order valence-corrected chi connectivity index (χ3v) is 6.27. The lowest BCUT2D eigenvalue weighted by atomic mass is 9.96. The van der Waals surface area contributed by atoms with Crippen molar-refractivity contribution in [3.8, 4) is 11.1 Å². The van der Waals surface area contributed by atoms with Crippen LogP contribution in [0.3, 0.4) is 0 Å². The van der Waals surface area contributed by atoms with Crippen LogP contribution in [0, 0.1) is 0 Å². The Morgan fingerprint density at radius 3 is 2.79 bits per heavy atom. The molecule has 7 nitrogen and oxygen atoms in total. The highest BCUT2D eigenvalue weighted by molar-refractivity contribution is 6.05. The third kappa shape index (κ3) is 5.06. The molecule has 1 unspecified atom stereocenters. The number of anilines is 1. The average molecular weight is 461 g/mol. The van der Waals surface area contributed by atoms with Crippen molar-refractivity contribution in [1.29, 1.82) is 0 Å². The molecule has 7 heteroatoms. The number of fused-ring (bicyclic) bond motifs is 1. The molecule has 2 aliphatic rings. The first-order chi connectivity index (χ1) is 16.7. The van der Waals surface area contributed by atoms with Gasteiger partial charge in [-0.1, -0.05) is 48.6 Å². The molecule has 2 aromatic heterocycles. The van der Waals surface area contributed by atoms with Crippen LogP contribution in [0.25, 0.3) is 27.8 Å². The fraction of sp³-hybridized carbons (Fsp3) is 0.407. The molecule has 1 fully saturated rings. The van der Waals surface area contributed by atoms with E-state index in [1.54, 1.807) is 6.33 Å². The zero-order chi connectivity index (χ0) is 23.3. The molecule has 3 heterocycles. The van der Waals surface area contributed by atoms with Crippen LogP contribution in [0.4, 0.5) is 5.82 Å². The van der Waals surface area contributed by atoms with E-state index in [0.29, 0.717) is 12.3 Å². The molecular weight excluding hydrogens is 428 g/mol. The van der Waals surface area contributed by atoms with Crippen LogP contribution in [-0.4, -0.2) is 67.5 Å². The summed E-state index contributed by atoms with van der Waals surface area (Å²) in [6, 6.07) is 10.3. The lowest BCUT2D eigenvalue weighted by molar-refractivity contribution is 0.0749. The van der Waals surface area contributed by atoms with Gasteiger partial charge in [-0.25, -0.2) is 9.97 Å². The van der Waals surface area contributed by atoms with Gasteiger partial charge in [-0.2, -0.15) is 0 Å². The van der Waals surface area contributed by atoms with E-state index in [0.717, 1.165) is 72.6 Å². The van der Waals surface area contributed by atoms with Crippen molar-refractivity contribution in [3.63, 3.8) is 0 Å². The number of nitrogens with zero attached hydrogens (tertiary/aromatic N) is 3. The van der Waals surface area contributed by atoms with Gasteiger partial charge in [0.05, 0.1) is 24.2 Å². The smallest absolute Gasteiger partial charge is 0.232 e. The molecule has 3 aromatic rings. The molecule has 0 radical (unpaired) electrons. The van der Waals surface area contributed by atoms with Crippen LogP contribution in [0.2, 0.25) is 0 Å². The van der Waals surface area contributed by atoms with E-state index < -0.39 is 0 Å². The van der Waals surface area contributed by atoms with Gasteiger partial charge in [-0.05, 0) is 38.9 Å². The fourth-order valence-corrected chi connectivity index (χ4v) is 4.45. The predicted molar refractivity (Wildman–Crippen MR) is 135 cm³/mol. The maximum atomic E-state index is 6.36. The van der Waals surface area contributed by atoms with Gasteiger partial charge in [-0.3, -0.25) is 0 Å². The molecular formula is C27H32N4O3. The lowest BCUT2D eigenvalue weighted by Crippen LogP contribution is -2.21. The largest absolute Gasteiger partial charge is 0.437 e. The lowest BCUT2D eigenvalue weighted by Gasteiger charge is -2.18. The van der Waals surface area contributed by atoms with E-state index in [9.17, 15) is 0 Å². The van der Waals surface area contributed by atoms with Crippen LogP contribution in [0.15, 0.2) is 59.3 Å². The molecule has 5 rings (SSSR count). The number of hydrogen-bond donors (Lipinski definition) is 1. The summed E-state index contributed by atoms with van der Waals surface area (Å²) in [5, 5.41) is 4.40. The van der Waals surface area contributed by atoms with Crippen LogP contribution < -0.4 is 5.32 Å². The Balaban J connectivity index is 1.47. The Labute approximate surface area is 200 Å². The second kappa shape index (κ2) is 10.5. The number of furan rings is 1. The molecule has 1 N–H and O–H groups in total. The number of ether oxygens (including phenoxy) is 2. The number of aromatic nitrogens is 2. The Morgan fingerprint density at radius 1 is 1.18 bits per heavy atom. The molecule has 0 saturated carbocycles. The molecule has 2 atom stereocenters. The second-order valence-corrected chi connectivity index (χ2v) is 9.06. The van der Waals surface area contributed by atoms with Gasteiger partial charge in [-0.15, -0.1) is 0 Å². The quantitative estimate of drug-likeness (QED) is 0.493. The van der Waals surface area contributed by atoms with E-state index in [4.69, 9.17) is 13.9 Å². The van der Waals surface area contributed by atoms with Crippen LogP contribution in [0.5, 0.6) is 0 Å². The molecule has 1 saturated heterocycles. The van der Waals surface area contributed by atoms with Crippen molar-refractivity contribution in [1.82, 2.24) is 14.9 Å². The summed E-state index contributed by atoms with van der Waals surface area (Å²) in [6.07, 6.45) is 11.2. The highest BCUT2D eigenvalue weighted by atomic mass is 16.5. The zero-order valence-corrected chi connectivity index (χ0v) is 19.9. The summed E-state index contributed by atoms with van der Waals surface area (Å²) in [5.74, 6) is 1.59. The molecule has 0 bridgehead atoms. The first kappa shape index (κ1) is 22.8. The van der Waals surface area contributed by atoms with Crippen LogP contribution in [-0.2, 0) is 9.47 Å². The second-order valence-electron chi connectivity index (χ2n) is 9.06. The van der Waals surface area contributed by atoms with Gasteiger partial charge in [0.2, 0.25) is 5.71 Å². The van der Waals surface area contributed by atoms with E-state index in [1.807, 2.05) is 18.2 Å². The number of nitrogens with one attached hydrogen (secondary N) is 1. The summed E-state index contributed by atoms with van der Waals surface area (Å²) in [6.45, 7) is 3.16. The van der Waals surface area contributed by atoms with Gasteiger partial charge in [0.15, 0.2) is 0 Å². The molecule has 1 aromatic carbocycles. The van der Waals surface area contributed by atoms with Crippen molar-refractivity contribution in [2.45, 2.75) is 31.5 Å². The first-order valence-electron chi connectivity index (χ1n) is 12.0. The highest BCUT2D eigenvalue weighted by Gasteiger charge is 2.24. The maximum Gasteiger partial charge on any atom is 0.232 e. The van der Waals surface area contributed by atoms with E-state index in [2.05, 4.69) is 64.6 Å². The summed E-state index contributed by atoms with van der Waals surface area (Å²) >= 11 is 0. The Morgan fingerprint density at radius 2 is 2.06 bits per heavy atom. The molecule has 178 valence electrons. The number of rotatable bonds is 9. The van der Waals surface area contributed by atoms with Crippen molar-refractivity contribution in [2.24, 2.45) is 0 Å². The minimum absolute atomic E-state index is 0.0803. The summed E-state index contributed by atoms with van der Waals surface area (Å²) in [7, 11) is 4.11. The predicted octanol–water partition coefficient (Wildman–Crippen LogP) is 4.77. The maximum absolute atomic E-state index is 6.36. The third-order valence-electron chi connectivity index (χ3n) is 6.27. The van der Waals surface area contributed by atoms with Crippen LogP contribution in [0.1, 0.15) is 25.0 Å². The monoisotopic (exact) mass is 460 g/mol. The van der Waals surface area contributed by atoms with Crippen LogP contribution >= 0.6 is 0 Å². The normalized spacial score (nSPS) is 20.3. The minimum Gasteiger partial charge on any atom is -0.437 e. The van der Waals surface area contributed by atoms with Crippen molar-refractivity contribution in [3.05, 3.63) is 60.6 Å². The Hall–Kier alpha value is -3.00.